The van der Waals surface area contributed by atoms with Crippen LogP contribution in [-0.2, 0) is 14.8 Å². The van der Waals surface area contributed by atoms with Crippen LogP contribution in [0, 0.1) is 13.8 Å². The molecule has 1 aromatic carbocycles. The van der Waals surface area contributed by atoms with Crippen LogP contribution < -0.4 is 10.5 Å². The third-order valence-electron chi connectivity index (χ3n) is 3.06. The SMILES string of the molecule is Cc1cc(N)c(C)c(S(=O)(=O)NCCOCCN(C)C)c1. The molecule has 0 aromatic heterocycles. The van der Waals surface area contributed by atoms with Crippen LogP contribution in [0.4, 0.5) is 5.69 Å². The topological polar surface area (TPSA) is 84.7 Å². The second-order valence-electron chi connectivity index (χ2n) is 5.29. The number of benzene rings is 1. The number of likely N-dealkylation sites (N-methyl/N-ethyl adjacent to an activating group) is 1. The van der Waals surface area contributed by atoms with E-state index in [0.717, 1.165) is 12.1 Å². The quantitative estimate of drug-likeness (QED) is 0.546. The summed E-state index contributed by atoms with van der Waals surface area (Å²) in [6.45, 7) is 5.48. The van der Waals surface area contributed by atoms with Gasteiger partial charge in [-0.3, -0.25) is 0 Å². The van der Waals surface area contributed by atoms with E-state index < -0.39 is 10.0 Å². The summed E-state index contributed by atoms with van der Waals surface area (Å²) in [6.07, 6.45) is 0. The van der Waals surface area contributed by atoms with Crippen molar-refractivity contribution in [3.63, 3.8) is 0 Å². The smallest absolute Gasteiger partial charge is 0.240 e. The van der Waals surface area contributed by atoms with E-state index >= 15 is 0 Å². The zero-order valence-corrected chi connectivity index (χ0v) is 14.0. The number of sulfonamides is 1. The summed E-state index contributed by atoms with van der Waals surface area (Å²) in [5.74, 6) is 0. The van der Waals surface area contributed by atoms with Crippen LogP contribution in [0.3, 0.4) is 0 Å². The summed E-state index contributed by atoms with van der Waals surface area (Å²) in [5.41, 5.74) is 7.69. The normalized spacial score (nSPS) is 12.0. The van der Waals surface area contributed by atoms with Crippen molar-refractivity contribution in [2.24, 2.45) is 0 Å². The molecule has 0 atom stereocenters. The highest BCUT2D eigenvalue weighted by molar-refractivity contribution is 7.89. The molecule has 3 N–H and O–H groups in total. The summed E-state index contributed by atoms with van der Waals surface area (Å²) in [4.78, 5) is 2.23. The Hall–Kier alpha value is -1.15. The maximum Gasteiger partial charge on any atom is 0.240 e. The molecule has 0 fully saturated rings. The Labute approximate surface area is 127 Å². The number of nitrogen functional groups attached to an aromatic ring is 1. The first-order valence-electron chi connectivity index (χ1n) is 6.83. The molecule has 0 aliphatic carbocycles. The molecule has 6 nitrogen and oxygen atoms in total. The number of nitrogens with zero attached hydrogens (tertiary/aromatic N) is 1. The van der Waals surface area contributed by atoms with E-state index in [1.807, 2.05) is 25.9 Å². The Morgan fingerprint density at radius 1 is 1.24 bits per heavy atom. The molecule has 0 amide bonds. The van der Waals surface area contributed by atoms with Crippen molar-refractivity contribution < 1.29 is 13.2 Å². The van der Waals surface area contributed by atoms with Gasteiger partial charge in [-0.05, 0) is 51.2 Å². The minimum atomic E-state index is -3.56. The van der Waals surface area contributed by atoms with Gasteiger partial charge in [-0.2, -0.15) is 0 Å². The van der Waals surface area contributed by atoms with Gasteiger partial charge in [-0.25, -0.2) is 13.1 Å². The molecule has 1 aromatic rings. The van der Waals surface area contributed by atoms with Gasteiger partial charge in [0.05, 0.1) is 18.1 Å². The summed E-state index contributed by atoms with van der Waals surface area (Å²) in [6, 6.07) is 3.39. The van der Waals surface area contributed by atoms with E-state index in [-0.39, 0.29) is 11.4 Å². The van der Waals surface area contributed by atoms with Crippen LogP contribution in [0.15, 0.2) is 17.0 Å². The molecule has 7 heteroatoms. The van der Waals surface area contributed by atoms with E-state index in [1.54, 1.807) is 19.1 Å². The third-order valence-corrected chi connectivity index (χ3v) is 4.64. The molecule has 0 aliphatic heterocycles. The van der Waals surface area contributed by atoms with Gasteiger partial charge >= 0.3 is 0 Å². The van der Waals surface area contributed by atoms with Crippen LogP contribution in [0.5, 0.6) is 0 Å². The van der Waals surface area contributed by atoms with Crippen molar-refractivity contribution in [2.45, 2.75) is 18.7 Å². The summed E-state index contributed by atoms with van der Waals surface area (Å²) < 4.78 is 32.4. The van der Waals surface area contributed by atoms with Gasteiger partial charge in [-0.15, -0.1) is 0 Å². The molecular weight excluding hydrogens is 290 g/mol. The highest BCUT2D eigenvalue weighted by Crippen LogP contribution is 2.22. The molecule has 0 saturated carbocycles. The second-order valence-corrected chi connectivity index (χ2v) is 7.03. The average Bonchev–Trinajstić information content (AvgIpc) is 2.37. The highest BCUT2D eigenvalue weighted by atomic mass is 32.2. The summed E-state index contributed by atoms with van der Waals surface area (Å²) in [5, 5.41) is 0. The fourth-order valence-electron chi connectivity index (χ4n) is 1.81. The second kappa shape index (κ2) is 7.74. The molecule has 21 heavy (non-hydrogen) atoms. The number of ether oxygens (including phenoxy) is 1. The fourth-order valence-corrected chi connectivity index (χ4v) is 3.18. The van der Waals surface area contributed by atoms with Gasteiger partial charge < -0.3 is 15.4 Å². The van der Waals surface area contributed by atoms with Crippen molar-refractivity contribution in [1.29, 1.82) is 0 Å². The molecule has 0 spiro atoms. The van der Waals surface area contributed by atoms with Crippen LogP contribution >= 0.6 is 0 Å². The Morgan fingerprint density at radius 2 is 1.90 bits per heavy atom. The Balaban J connectivity index is 2.59. The molecular formula is C14H25N3O3S. The number of hydrogen-bond donors (Lipinski definition) is 2. The molecule has 0 heterocycles. The zero-order chi connectivity index (χ0) is 16.0. The molecule has 120 valence electrons. The average molecular weight is 315 g/mol. The third kappa shape index (κ3) is 5.62. The molecule has 0 saturated heterocycles. The first-order valence-corrected chi connectivity index (χ1v) is 8.31. The Bertz CT molecular complexity index is 571. The fraction of sp³-hybridized carbons (Fsp3) is 0.571. The number of hydrogen-bond acceptors (Lipinski definition) is 5. The maximum atomic E-state index is 12.3. The first-order chi connectivity index (χ1) is 9.74. The van der Waals surface area contributed by atoms with Crippen molar-refractivity contribution in [1.82, 2.24) is 9.62 Å². The van der Waals surface area contributed by atoms with Gasteiger partial charge in [0.15, 0.2) is 0 Å². The van der Waals surface area contributed by atoms with Gasteiger partial charge in [-0.1, -0.05) is 0 Å². The molecule has 0 aliphatic rings. The van der Waals surface area contributed by atoms with Gasteiger partial charge in [0.25, 0.3) is 0 Å². The molecule has 1 rings (SSSR count). The van der Waals surface area contributed by atoms with Gasteiger partial charge in [0, 0.05) is 18.8 Å². The minimum Gasteiger partial charge on any atom is -0.398 e. The molecule has 0 unspecified atom stereocenters. The molecule has 0 radical (unpaired) electrons. The van der Waals surface area contributed by atoms with E-state index in [2.05, 4.69) is 4.72 Å². The predicted octanol–water partition coefficient (Wildman–Crippen LogP) is 0.742. The lowest BCUT2D eigenvalue weighted by molar-refractivity contribution is 0.122. The largest absolute Gasteiger partial charge is 0.398 e. The van der Waals surface area contributed by atoms with Crippen LogP contribution in [0.2, 0.25) is 0 Å². The lowest BCUT2D eigenvalue weighted by atomic mass is 10.1. The number of rotatable bonds is 8. The number of anilines is 1. The van der Waals surface area contributed by atoms with Crippen molar-refractivity contribution in [2.75, 3.05) is 46.1 Å². The highest BCUT2D eigenvalue weighted by Gasteiger charge is 2.18. The van der Waals surface area contributed by atoms with Crippen LogP contribution in [0.1, 0.15) is 11.1 Å². The maximum absolute atomic E-state index is 12.3. The van der Waals surface area contributed by atoms with Crippen molar-refractivity contribution >= 4 is 15.7 Å². The predicted molar refractivity (Wildman–Crippen MR) is 84.9 cm³/mol. The Kier molecular flexibility index (Phi) is 6.60. The standard InChI is InChI=1S/C14H25N3O3S/c1-11-9-13(15)12(2)14(10-11)21(18,19)16-5-7-20-8-6-17(3)4/h9-10,16H,5-8,15H2,1-4H3. The van der Waals surface area contributed by atoms with Crippen LogP contribution in [0.25, 0.3) is 0 Å². The van der Waals surface area contributed by atoms with E-state index in [1.165, 1.54) is 0 Å². The lowest BCUT2D eigenvalue weighted by Crippen LogP contribution is -2.29. The van der Waals surface area contributed by atoms with E-state index in [0.29, 0.717) is 24.5 Å². The van der Waals surface area contributed by atoms with E-state index in [4.69, 9.17) is 10.5 Å². The summed E-state index contributed by atoms with van der Waals surface area (Å²) in [7, 11) is 0.351. The number of aryl methyl sites for hydroxylation is 1. The minimum absolute atomic E-state index is 0.230. The van der Waals surface area contributed by atoms with E-state index in [9.17, 15) is 8.42 Å². The van der Waals surface area contributed by atoms with Gasteiger partial charge in [0.2, 0.25) is 10.0 Å². The first kappa shape index (κ1) is 17.9. The van der Waals surface area contributed by atoms with Gasteiger partial charge in [0.1, 0.15) is 0 Å². The molecule has 0 bridgehead atoms. The zero-order valence-electron chi connectivity index (χ0n) is 13.1. The van der Waals surface area contributed by atoms with Crippen molar-refractivity contribution in [3.8, 4) is 0 Å². The summed E-state index contributed by atoms with van der Waals surface area (Å²) >= 11 is 0. The number of nitrogens with two attached hydrogens (primary N) is 1. The van der Waals surface area contributed by atoms with Crippen LogP contribution in [-0.4, -0.2) is 53.7 Å². The van der Waals surface area contributed by atoms with Crippen molar-refractivity contribution in [3.05, 3.63) is 23.3 Å². The Morgan fingerprint density at radius 3 is 2.52 bits per heavy atom. The number of nitrogens with one attached hydrogen (secondary N) is 1. The lowest BCUT2D eigenvalue weighted by Gasteiger charge is -2.13. The monoisotopic (exact) mass is 315 g/mol.